The van der Waals surface area contributed by atoms with Crippen molar-refractivity contribution in [1.82, 2.24) is 19.8 Å². The highest BCUT2D eigenvalue weighted by Crippen LogP contribution is 2.32. The maximum atomic E-state index is 13.4. The molecular formula is C24H32N4O3. The first-order valence-electron chi connectivity index (χ1n) is 10.8. The van der Waals surface area contributed by atoms with Crippen LogP contribution in [-0.2, 0) is 22.6 Å². The molecule has 1 atom stereocenters. The summed E-state index contributed by atoms with van der Waals surface area (Å²) in [6.07, 6.45) is 0.651. The SMILES string of the molecule is CNC(=O)[C@@H](CC(=O)c1nc(-c2ccccc2)n2c1CCN(C(C)=O)CC2)C(C)(C)C. The molecule has 7 nitrogen and oxygen atoms in total. The van der Waals surface area contributed by atoms with Gasteiger partial charge in [0, 0.05) is 52.0 Å². The molecule has 2 amide bonds. The Bertz CT molecular complexity index is 973. The van der Waals surface area contributed by atoms with E-state index in [0.29, 0.717) is 31.7 Å². The zero-order valence-corrected chi connectivity index (χ0v) is 19.1. The van der Waals surface area contributed by atoms with Crippen molar-refractivity contribution in [3.8, 4) is 11.4 Å². The Kier molecular flexibility index (Phi) is 6.62. The van der Waals surface area contributed by atoms with Crippen LogP contribution in [0.15, 0.2) is 30.3 Å². The number of rotatable bonds is 5. The van der Waals surface area contributed by atoms with Crippen molar-refractivity contribution >= 4 is 17.6 Å². The predicted octanol–water partition coefficient (Wildman–Crippen LogP) is 2.94. The average molecular weight is 425 g/mol. The van der Waals surface area contributed by atoms with Gasteiger partial charge in [0.1, 0.15) is 11.5 Å². The third-order valence-corrected chi connectivity index (χ3v) is 6.02. The predicted molar refractivity (Wildman–Crippen MR) is 120 cm³/mol. The lowest BCUT2D eigenvalue weighted by Crippen LogP contribution is -2.37. The number of ketones is 1. The second kappa shape index (κ2) is 9.04. The number of hydrogen-bond donors (Lipinski definition) is 1. The van der Waals surface area contributed by atoms with Crippen LogP contribution in [0.4, 0.5) is 0 Å². The summed E-state index contributed by atoms with van der Waals surface area (Å²) in [7, 11) is 1.60. The van der Waals surface area contributed by atoms with Crippen LogP contribution in [0.2, 0.25) is 0 Å². The summed E-state index contributed by atoms with van der Waals surface area (Å²) >= 11 is 0. The summed E-state index contributed by atoms with van der Waals surface area (Å²) in [6, 6.07) is 9.77. The number of nitrogens with zero attached hydrogens (tertiary/aromatic N) is 3. The highest BCUT2D eigenvalue weighted by atomic mass is 16.2. The summed E-state index contributed by atoms with van der Waals surface area (Å²) in [5, 5.41) is 2.69. The van der Waals surface area contributed by atoms with Gasteiger partial charge < -0.3 is 14.8 Å². The normalized spacial score (nSPS) is 15.1. The fourth-order valence-electron chi connectivity index (χ4n) is 4.15. The number of fused-ring (bicyclic) bond motifs is 1. The van der Waals surface area contributed by atoms with E-state index in [-0.39, 0.29) is 29.4 Å². The van der Waals surface area contributed by atoms with Crippen LogP contribution in [0.1, 0.15) is 50.3 Å². The van der Waals surface area contributed by atoms with Crippen LogP contribution < -0.4 is 5.32 Å². The summed E-state index contributed by atoms with van der Waals surface area (Å²) in [5.41, 5.74) is 1.83. The minimum absolute atomic E-state index is 0.0280. The molecule has 166 valence electrons. The lowest BCUT2D eigenvalue weighted by molar-refractivity contribution is -0.129. The molecule has 2 heterocycles. The van der Waals surface area contributed by atoms with Gasteiger partial charge in [0.25, 0.3) is 0 Å². The molecule has 0 radical (unpaired) electrons. The quantitative estimate of drug-likeness (QED) is 0.748. The van der Waals surface area contributed by atoms with E-state index in [1.165, 1.54) is 0 Å². The lowest BCUT2D eigenvalue weighted by Gasteiger charge is -2.28. The smallest absolute Gasteiger partial charge is 0.223 e. The second-order valence-electron chi connectivity index (χ2n) is 9.16. The van der Waals surface area contributed by atoms with Gasteiger partial charge in [0.15, 0.2) is 5.78 Å². The van der Waals surface area contributed by atoms with Gasteiger partial charge in [0.05, 0.1) is 11.6 Å². The van der Waals surface area contributed by atoms with Crippen molar-refractivity contribution in [3.63, 3.8) is 0 Å². The molecule has 0 aliphatic carbocycles. The molecule has 0 fully saturated rings. The Hall–Kier alpha value is -2.96. The van der Waals surface area contributed by atoms with E-state index in [2.05, 4.69) is 9.88 Å². The molecule has 3 rings (SSSR count). The minimum Gasteiger partial charge on any atom is -0.359 e. The Morgan fingerprint density at radius 3 is 2.35 bits per heavy atom. The minimum atomic E-state index is -0.456. The number of nitrogens with one attached hydrogen (secondary N) is 1. The molecule has 0 unspecified atom stereocenters. The van der Waals surface area contributed by atoms with Gasteiger partial charge in [-0.15, -0.1) is 0 Å². The number of carbonyl (C=O) groups is 3. The number of benzene rings is 1. The number of imidazole rings is 1. The topological polar surface area (TPSA) is 84.3 Å². The molecule has 1 aliphatic rings. The molecule has 1 aromatic heterocycles. The molecule has 0 bridgehead atoms. The molecule has 1 aromatic carbocycles. The van der Waals surface area contributed by atoms with Crippen LogP contribution in [0.3, 0.4) is 0 Å². The Morgan fingerprint density at radius 2 is 1.77 bits per heavy atom. The molecular weight excluding hydrogens is 392 g/mol. The zero-order valence-electron chi connectivity index (χ0n) is 19.1. The summed E-state index contributed by atoms with van der Waals surface area (Å²) < 4.78 is 2.07. The first-order chi connectivity index (χ1) is 14.6. The maximum absolute atomic E-state index is 13.4. The number of Topliss-reactive ketones (excluding diaryl/α,β-unsaturated/α-hetero) is 1. The summed E-state index contributed by atoms with van der Waals surface area (Å²) in [6.45, 7) is 9.18. The molecule has 0 saturated heterocycles. The van der Waals surface area contributed by atoms with Gasteiger partial charge in [0.2, 0.25) is 11.8 Å². The van der Waals surface area contributed by atoms with E-state index in [1.807, 2.05) is 51.1 Å². The van der Waals surface area contributed by atoms with Crippen molar-refractivity contribution in [2.45, 2.75) is 47.1 Å². The van der Waals surface area contributed by atoms with Gasteiger partial charge in [-0.05, 0) is 5.41 Å². The average Bonchev–Trinajstić information content (AvgIpc) is 2.94. The lowest BCUT2D eigenvalue weighted by atomic mass is 9.77. The van der Waals surface area contributed by atoms with Crippen LogP contribution in [0.5, 0.6) is 0 Å². The fraction of sp³-hybridized carbons (Fsp3) is 0.500. The molecule has 2 aromatic rings. The van der Waals surface area contributed by atoms with Crippen LogP contribution in [0.25, 0.3) is 11.4 Å². The standard InChI is InChI=1S/C24H32N4O3/c1-16(29)27-12-11-19-21(20(30)15-18(23(31)25-5)24(2,3)4)26-22(28(19)14-13-27)17-9-7-6-8-10-17/h6-10,18H,11-15H2,1-5H3,(H,25,31)/t18-/m1/s1. The monoisotopic (exact) mass is 424 g/mol. The first-order valence-corrected chi connectivity index (χ1v) is 10.8. The van der Waals surface area contributed by atoms with Crippen molar-refractivity contribution in [2.75, 3.05) is 20.1 Å². The van der Waals surface area contributed by atoms with E-state index in [9.17, 15) is 14.4 Å². The molecule has 1 aliphatic heterocycles. The van der Waals surface area contributed by atoms with Crippen molar-refractivity contribution in [3.05, 3.63) is 41.7 Å². The van der Waals surface area contributed by atoms with Crippen molar-refractivity contribution in [2.24, 2.45) is 11.3 Å². The third-order valence-electron chi connectivity index (χ3n) is 6.02. The summed E-state index contributed by atoms with van der Waals surface area (Å²) in [5.74, 6) is 0.0295. The van der Waals surface area contributed by atoms with E-state index in [1.54, 1.807) is 18.9 Å². The van der Waals surface area contributed by atoms with E-state index in [0.717, 1.165) is 17.1 Å². The first kappa shape index (κ1) is 22.7. The van der Waals surface area contributed by atoms with E-state index < -0.39 is 5.92 Å². The van der Waals surface area contributed by atoms with Crippen molar-refractivity contribution in [1.29, 1.82) is 0 Å². The summed E-state index contributed by atoms with van der Waals surface area (Å²) in [4.78, 5) is 44.4. The van der Waals surface area contributed by atoms with Gasteiger partial charge >= 0.3 is 0 Å². The molecule has 7 heteroatoms. The van der Waals surface area contributed by atoms with Crippen molar-refractivity contribution < 1.29 is 14.4 Å². The largest absolute Gasteiger partial charge is 0.359 e. The van der Waals surface area contributed by atoms with Gasteiger partial charge in [-0.2, -0.15) is 0 Å². The number of hydrogen-bond acceptors (Lipinski definition) is 4. The Morgan fingerprint density at radius 1 is 1.10 bits per heavy atom. The number of amides is 2. The van der Waals surface area contributed by atoms with Gasteiger partial charge in [-0.3, -0.25) is 14.4 Å². The molecule has 31 heavy (non-hydrogen) atoms. The third kappa shape index (κ3) is 4.86. The number of carbonyl (C=O) groups excluding carboxylic acids is 3. The molecule has 0 spiro atoms. The van der Waals surface area contributed by atoms with Gasteiger partial charge in [-0.25, -0.2) is 4.98 Å². The zero-order chi connectivity index (χ0) is 22.8. The maximum Gasteiger partial charge on any atom is 0.223 e. The van der Waals surface area contributed by atoms with E-state index in [4.69, 9.17) is 4.98 Å². The van der Waals surface area contributed by atoms with Gasteiger partial charge in [-0.1, -0.05) is 51.1 Å². The van der Waals surface area contributed by atoms with Crippen LogP contribution in [-0.4, -0.2) is 52.2 Å². The number of aromatic nitrogens is 2. The Labute approximate surface area is 183 Å². The fourth-order valence-corrected chi connectivity index (χ4v) is 4.15. The van der Waals surface area contributed by atoms with E-state index >= 15 is 0 Å². The molecule has 0 saturated carbocycles. The Balaban J connectivity index is 2.02. The van der Waals surface area contributed by atoms with Crippen LogP contribution >= 0.6 is 0 Å². The highest BCUT2D eigenvalue weighted by molar-refractivity contribution is 5.99. The highest BCUT2D eigenvalue weighted by Gasteiger charge is 2.35. The van der Waals surface area contributed by atoms with Crippen LogP contribution in [0, 0.1) is 11.3 Å². The molecule has 1 N–H and O–H groups in total. The second-order valence-corrected chi connectivity index (χ2v) is 9.16.